The van der Waals surface area contributed by atoms with E-state index in [0.29, 0.717) is 11.6 Å². The third-order valence-electron chi connectivity index (χ3n) is 4.62. The first-order chi connectivity index (χ1) is 13.0. The van der Waals surface area contributed by atoms with Gasteiger partial charge in [-0.3, -0.25) is 0 Å². The number of benzene rings is 1. The minimum atomic E-state index is -4.43. The Balaban J connectivity index is 1.53. The lowest BCUT2D eigenvalue weighted by Gasteiger charge is -2.13. The molecule has 1 fully saturated rings. The van der Waals surface area contributed by atoms with Gasteiger partial charge in [0.05, 0.1) is 12.7 Å². The average Bonchev–Trinajstić information content (AvgIpc) is 3.48. The molecule has 0 unspecified atom stereocenters. The minimum absolute atomic E-state index is 0.128. The molecule has 1 saturated carbocycles. The highest BCUT2D eigenvalue weighted by Crippen LogP contribution is 2.55. The molecular weight excluding hydrogens is 357 g/mol. The molecular formula is C19H15F3N4O. The Bertz CT molecular complexity index is 945. The van der Waals surface area contributed by atoms with E-state index < -0.39 is 11.7 Å². The van der Waals surface area contributed by atoms with Gasteiger partial charge in [-0.25, -0.2) is 19.9 Å². The summed E-state index contributed by atoms with van der Waals surface area (Å²) in [6.07, 6.45) is 3.09. The van der Waals surface area contributed by atoms with Crippen LogP contribution < -0.4 is 4.74 Å². The van der Waals surface area contributed by atoms with Gasteiger partial charge in [0.15, 0.2) is 11.6 Å². The van der Waals surface area contributed by atoms with Crippen molar-refractivity contribution in [2.45, 2.75) is 24.4 Å². The van der Waals surface area contributed by atoms with Crippen LogP contribution in [0.15, 0.2) is 49.1 Å². The monoisotopic (exact) mass is 372 g/mol. The number of aromatic nitrogens is 4. The van der Waals surface area contributed by atoms with Gasteiger partial charge in [0.25, 0.3) is 0 Å². The van der Waals surface area contributed by atoms with Gasteiger partial charge >= 0.3 is 6.18 Å². The van der Waals surface area contributed by atoms with Crippen molar-refractivity contribution in [1.82, 2.24) is 19.9 Å². The van der Waals surface area contributed by atoms with Gasteiger partial charge in [0.2, 0.25) is 0 Å². The molecule has 0 radical (unpaired) electrons. The highest BCUT2D eigenvalue weighted by atomic mass is 19.4. The number of hydrogen-bond acceptors (Lipinski definition) is 5. The number of rotatable bonds is 4. The summed E-state index contributed by atoms with van der Waals surface area (Å²) in [6, 6.07) is 5.78. The molecule has 1 aliphatic carbocycles. The van der Waals surface area contributed by atoms with Crippen LogP contribution in [0.2, 0.25) is 0 Å². The highest BCUT2D eigenvalue weighted by Gasteiger charge is 2.41. The van der Waals surface area contributed by atoms with Crippen LogP contribution in [0.3, 0.4) is 0 Å². The van der Waals surface area contributed by atoms with Gasteiger partial charge in [0.1, 0.15) is 5.75 Å². The first-order valence-electron chi connectivity index (χ1n) is 8.32. The van der Waals surface area contributed by atoms with Crippen LogP contribution in [0.5, 0.6) is 5.75 Å². The molecule has 0 saturated heterocycles. The second-order valence-corrected chi connectivity index (χ2v) is 6.32. The number of ether oxygens (including phenoxy) is 1. The summed E-state index contributed by atoms with van der Waals surface area (Å²) in [6.45, 7) is 0. The smallest absolute Gasteiger partial charge is 0.419 e. The van der Waals surface area contributed by atoms with Crippen LogP contribution in [0.4, 0.5) is 13.2 Å². The molecule has 138 valence electrons. The van der Waals surface area contributed by atoms with E-state index in [-0.39, 0.29) is 17.6 Å². The Hall–Kier alpha value is -3.03. The molecule has 8 heteroatoms. The fourth-order valence-electron chi connectivity index (χ4n) is 3.16. The first-order valence-corrected chi connectivity index (χ1v) is 8.32. The Morgan fingerprint density at radius 3 is 2.19 bits per heavy atom. The second kappa shape index (κ2) is 6.61. The molecule has 2 heterocycles. The Labute approximate surface area is 153 Å². The van der Waals surface area contributed by atoms with E-state index in [0.717, 1.165) is 23.6 Å². The summed E-state index contributed by atoms with van der Waals surface area (Å²) in [5.41, 5.74) is 1.00. The molecule has 2 atom stereocenters. The zero-order valence-electron chi connectivity index (χ0n) is 14.3. The number of hydrogen-bond donors (Lipinski definition) is 0. The lowest BCUT2D eigenvalue weighted by molar-refractivity contribution is -0.138. The molecule has 1 aliphatic rings. The summed E-state index contributed by atoms with van der Waals surface area (Å²) >= 11 is 0. The molecule has 0 N–H and O–H groups in total. The lowest BCUT2D eigenvalue weighted by Crippen LogP contribution is -2.07. The van der Waals surface area contributed by atoms with Gasteiger partial charge in [0, 0.05) is 24.8 Å². The van der Waals surface area contributed by atoms with Crippen molar-refractivity contribution in [2.24, 2.45) is 0 Å². The van der Waals surface area contributed by atoms with Crippen molar-refractivity contribution >= 4 is 0 Å². The first kappa shape index (κ1) is 17.4. The highest BCUT2D eigenvalue weighted by molar-refractivity contribution is 5.46. The fraction of sp³-hybridized carbons (Fsp3) is 0.263. The number of alkyl halides is 3. The van der Waals surface area contributed by atoms with Crippen molar-refractivity contribution in [3.05, 3.63) is 65.7 Å². The zero-order valence-corrected chi connectivity index (χ0v) is 14.3. The van der Waals surface area contributed by atoms with E-state index >= 15 is 0 Å². The SMILES string of the molecule is COc1cc([C@@H]2C[C@H]2c2cnc(-c3ncccn3)nc2)ccc1C(F)(F)F. The van der Waals surface area contributed by atoms with E-state index in [1.807, 2.05) is 0 Å². The van der Waals surface area contributed by atoms with Gasteiger partial charge in [-0.2, -0.15) is 13.2 Å². The molecule has 0 spiro atoms. The number of methoxy groups -OCH3 is 1. The van der Waals surface area contributed by atoms with Gasteiger partial charge in [-0.05, 0) is 47.6 Å². The fourth-order valence-corrected chi connectivity index (χ4v) is 3.16. The minimum Gasteiger partial charge on any atom is -0.496 e. The summed E-state index contributed by atoms with van der Waals surface area (Å²) in [5.74, 6) is 1.04. The summed E-state index contributed by atoms with van der Waals surface area (Å²) < 4.78 is 43.9. The maximum Gasteiger partial charge on any atom is 0.419 e. The van der Waals surface area contributed by atoms with Crippen LogP contribution in [-0.4, -0.2) is 27.0 Å². The van der Waals surface area contributed by atoms with Gasteiger partial charge in [-0.15, -0.1) is 0 Å². The molecule has 27 heavy (non-hydrogen) atoms. The van der Waals surface area contributed by atoms with Crippen molar-refractivity contribution in [3.8, 4) is 17.4 Å². The molecule has 0 amide bonds. The van der Waals surface area contributed by atoms with Crippen molar-refractivity contribution in [2.75, 3.05) is 7.11 Å². The van der Waals surface area contributed by atoms with E-state index in [4.69, 9.17) is 4.74 Å². The quantitative estimate of drug-likeness (QED) is 0.686. The van der Waals surface area contributed by atoms with Crippen molar-refractivity contribution in [3.63, 3.8) is 0 Å². The molecule has 3 aromatic rings. The van der Waals surface area contributed by atoms with E-state index in [1.54, 1.807) is 30.9 Å². The van der Waals surface area contributed by atoms with Crippen LogP contribution in [0.25, 0.3) is 11.6 Å². The molecule has 2 aromatic heterocycles. The van der Waals surface area contributed by atoms with Crippen LogP contribution in [-0.2, 0) is 6.18 Å². The Morgan fingerprint density at radius 1 is 0.926 bits per heavy atom. The van der Waals surface area contributed by atoms with Crippen LogP contribution in [0, 0.1) is 0 Å². The number of halogens is 3. The third kappa shape index (κ3) is 3.47. The summed E-state index contributed by atoms with van der Waals surface area (Å²) in [4.78, 5) is 16.8. The summed E-state index contributed by atoms with van der Waals surface area (Å²) in [5, 5.41) is 0. The molecule has 0 aliphatic heterocycles. The molecule has 0 bridgehead atoms. The van der Waals surface area contributed by atoms with Crippen LogP contribution >= 0.6 is 0 Å². The Kier molecular flexibility index (Phi) is 4.25. The summed E-state index contributed by atoms with van der Waals surface area (Å²) in [7, 11) is 1.25. The average molecular weight is 372 g/mol. The van der Waals surface area contributed by atoms with Crippen LogP contribution in [0.1, 0.15) is 34.9 Å². The molecule has 1 aromatic carbocycles. The standard InChI is InChI=1S/C19H15F3N4O/c1-27-16-7-11(3-4-15(16)19(20,21)22)13-8-14(13)12-9-25-18(26-10-12)17-23-5-2-6-24-17/h2-7,9-10,13-14H,8H2,1H3/t13-,14-/m0/s1. The predicted molar refractivity (Wildman–Crippen MR) is 91.2 cm³/mol. The largest absolute Gasteiger partial charge is 0.496 e. The van der Waals surface area contributed by atoms with Crippen molar-refractivity contribution in [1.29, 1.82) is 0 Å². The molecule has 5 nitrogen and oxygen atoms in total. The Morgan fingerprint density at radius 2 is 1.56 bits per heavy atom. The van der Waals surface area contributed by atoms with E-state index in [2.05, 4.69) is 19.9 Å². The molecule has 4 rings (SSSR count). The van der Waals surface area contributed by atoms with Crippen molar-refractivity contribution < 1.29 is 17.9 Å². The van der Waals surface area contributed by atoms with E-state index in [1.165, 1.54) is 19.2 Å². The third-order valence-corrected chi connectivity index (χ3v) is 4.62. The predicted octanol–water partition coefficient (Wildman–Crippen LogP) is 4.23. The van der Waals surface area contributed by atoms with Gasteiger partial charge in [-0.1, -0.05) is 6.07 Å². The van der Waals surface area contributed by atoms with Gasteiger partial charge < -0.3 is 4.74 Å². The lowest BCUT2D eigenvalue weighted by atomic mass is 10.0. The second-order valence-electron chi connectivity index (χ2n) is 6.32. The van der Waals surface area contributed by atoms with E-state index in [9.17, 15) is 13.2 Å². The normalized spacial score (nSPS) is 19.0. The zero-order chi connectivity index (χ0) is 19.0. The maximum atomic E-state index is 13.0. The number of nitrogens with zero attached hydrogens (tertiary/aromatic N) is 4. The topological polar surface area (TPSA) is 60.8 Å². The maximum absolute atomic E-state index is 13.0.